The van der Waals surface area contributed by atoms with Crippen molar-refractivity contribution < 1.29 is 4.74 Å². The van der Waals surface area contributed by atoms with E-state index in [1.54, 1.807) is 0 Å². The van der Waals surface area contributed by atoms with Gasteiger partial charge in [-0.15, -0.1) is 11.6 Å². The molecule has 15 heavy (non-hydrogen) atoms. The van der Waals surface area contributed by atoms with Crippen LogP contribution in [-0.2, 0) is 0 Å². The van der Waals surface area contributed by atoms with Crippen LogP contribution >= 0.6 is 11.6 Å². The Morgan fingerprint density at radius 3 is 2.53 bits per heavy atom. The van der Waals surface area contributed by atoms with E-state index >= 15 is 0 Å². The number of alkyl halides is 1. The highest BCUT2D eigenvalue weighted by Crippen LogP contribution is 2.39. The molecule has 1 aromatic carbocycles. The minimum atomic E-state index is 0.369. The molecule has 1 aromatic rings. The molecule has 0 spiro atoms. The Hall–Kier alpha value is -0.730. The molecule has 3 heteroatoms. The maximum atomic E-state index is 5.79. The first-order chi connectivity index (χ1) is 7.31. The Bertz CT molecular complexity index is 312. The van der Waals surface area contributed by atoms with E-state index in [-0.39, 0.29) is 0 Å². The second-order valence-corrected chi connectivity index (χ2v) is 4.34. The highest BCUT2D eigenvalue weighted by atomic mass is 35.5. The predicted octanol–water partition coefficient (Wildman–Crippen LogP) is 2.51. The fourth-order valence-electron chi connectivity index (χ4n) is 1.65. The van der Waals surface area contributed by atoms with Gasteiger partial charge in [-0.25, -0.2) is 0 Å². The number of rotatable bonds is 5. The molecule has 0 bridgehead atoms. The fourth-order valence-corrected chi connectivity index (χ4v) is 1.76. The van der Waals surface area contributed by atoms with Gasteiger partial charge in [0.2, 0.25) is 0 Å². The van der Waals surface area contributed by atoms with E-state index < -0.39 is 0 Å². The quantitative estimate of drug-likeness (QED) is 0.618. The summed E-state index contributed by atoms with van der Waals surface area (Å²) in [7, 11) is 0. The molecule has 1 aliphatic rings. The molecule has 82 valence electrons. The lowest BCUT2D eigenvalue weighted by Gasteiger charge is -2.05. The predicted molar refractivity (Wildman–Crippen MR) is 62.6 cm³/mol. The molecule has 2 atom stereocenters. The van der Waals surface area contributed by atoms with Crippen molar-refractivity contribution in [3.05, 3.63) is 29.8 Å². The molecule has 2 rings (SSSR count). The molecule has 1 saturated carbocycles. The lowest BCUT2D eigenvalue weighted by atomic mass is 10.1. The molecule has 1 aliphatic carbocycles. The number of benzene rings is 1. The van der Waals surface area contributed by atoms with Gasteiger partial charge in [0.05, 0.1) is 6.61 Å². The zero-order chi connectivity index (χ0) is 10.7. The van der Waals surface area contributed by atoms with Crippen LogP contribution in [0.4, 0.5) is 0 Å². The second-order valence-electron chi connectivity index (χ2n) is 3.97. The van der Waals surface area contributed by atoms with Crippen LogP contribution in [0, 0.1) is 0 Å². The van der Waals surface area contributed by atoms with Crippen LogP contribution in [0.15, 0.2) is 24.3 Å². The first-order valence-electron chi connectivity index (χ1n) is 5.35. The topological polar surface area (TPSA) is 35.2 Å². The largest absolute Gasteiger partial charge is 0.494 e. The Morgan fingerprint density at radius 1 is 1.33 bits per heavy atom. The summed E-state index contributed by atoms with van der Waals surface area (Å²) in [4.78, 5) is 0. The smallest absolute Gasteiger partial charge is 0.119 e. The zero-order valence-corrected chi connectivity index (χ0v) is 9.41. The number of halogens is 1. The standard InChI is InChI=1S/C12H16ClNO/c13-6-1-7-15-10-4-2-9(3-5-10)11-8-12(11)14/h2-5,11-12H,1,6-8,14H2. The first-order valence-corrected chi connectivity index (χ1v) is 5.89. The van der Waals surface area contributed by atoms with Gasteiger partial charge in [0.25, 0.3) is 0 Å². The van der Waals surface area contributed by atoms with E-state index in [9.17, 15) is 0 Å². The number of nitrogens with two attached hydrogens (primary N) is 1. The van der Waals surface area contributed by atoms with Crippen LogP contribution < -0.4 is 10.5 Å². The summed E-state index contributed by atoms with van der Waals surface area (Å²) in [5, 5.41) is 0. The summed E-state index contributed by atoms with van der Waals surface area (Å²) in [5.41, 5.74) is 7.11. The molecule has 0 radical (unpaired) electrons. The van der Waals surface area contributed by atoms with Crippen LogP contribution in [0.5, 0.6) is 5.75 Å². The van der Waals surface area contributed by atoms with Crippen molar-refractivity contribution in [2.75, 3.05) is 12.5 Å². The lowest BCUT2D eigenvalue weighted by molar-refractivity contribution is 0.318. The lowest BCUT2D eigenvalue weighted by Crippen LogP contribution is -2.01. The molecule has 0 heterocycles. The molecular formula is C12H16ClNO. The molecule has 2 unspecified atom stereocenters. The molecule has 2 N–H and O–H groups in total. The Morgan fingerprint density at radius 2 is 2.00 bits per heavy atom. The van der Waals surface area contributed by atoms with E-state index in [0.717, 1.165) is 18.6 Å². The average molecular weight is 226 g/mol. The van der Waals surface area contributed by atoms with Gasteiger partial charge in [-0.1, -0.05) is 12.1 Å². The summed E-state index contributed by atoms with van der Waals surface area (Å²) < 4.78 is 5.51. The molecule has 0 aliphatic heterocycles. The van der Waals surface area contributed by atoms with Crippen molar-refractivity contribution in [1.82, 2.24) is 0 Å². The van der Waals surface area contributed by atoms with Gasteiger partial charge >= 0.3 is 0 Å². The highest BCUT2D eigenvalue weighted by molar-refractivity contribution is 6.17. The third-order valence-electron chi connectivity index (χ3n) is 2.69. The van der Waals surface area contributed by atoms with E-state index in [4.69, 9.17) is 22.1 Å². The number of ether oxygens (including phenoxy) is 1. The van der Waals surface area contributed by atoms with Crippen LogP contribution in [0.25, 0.3) is 0 Å². The molecule has 0 amide bonds. The van der Waals surface area contributed by atoms with Gasteiger partial charge in [-0.2, -0.15) is 0 Å². The maximum Gasteiger partial charge on any atom is 0.119 e. The molecule has 2 nitrogen and oxygen atoms in total. The van der Waals surface area contributed by atoms with Gasteiger partial charge in [0.15, 0.2) is 0 Å². The van der Waals surface area contributed by atoms with Crippen molar-refractivity contribution in [2.45, 2.75) is 24.8 Å². The van der Waals surface area contributed by atoms with E-state index in [2.05, 4.69) is 12.1 Å². The van der Waals surface area contributed by atoms with Gasteiger partial charge < -0.3 is 10.5 Å². The Kier molecular flexibility index (Phi) is 3.49. The number of hydrogen-bond donors (Lipinski definition) is 1. The first kappa shape index (κ1) is 10.8. The van der Waals surface area contributed by atoms with Crippen molar-refractivity contribution >= 4 is 11.6 Å². The molecule has 0 aromatic heterocycles. The van der Waals surface area contributed by atoms with E-state index in [1.807, 2.05) is 12.1 Å². The third-order valence-corrected chi connectivity index (χ3v) is 2.96. The van der Waals surface area contributed by atoms with Gasteiger partial charge in [0, 0.05) is 17.8 Å². The molecule has 1 fully saturated rings. The Balaban J connectivity index is 1.87. The van der Waals surface area contributed by atoms with Gasteiger partial charge in [-0.05, 0) is 30.5 Å². The summed E-state index contributed by atoms with van der Waals surface area (Å²) in [6, 6.07) is 8.60. The third kappa shape index (κ3) is 2.86. The second kappa shape index (κ2) is 4.86. The fraction of sp³-hybridized carbons (Fsp3) is 0.500. The minimum Gasteiger partial charge on any atom is -0.494 e. The van der Waals surface area contributed by atoms with Gasteiger partial charge in [-0.3, -0.25) is 0 Å². The monoisotopic (exact) mass is 225 g/mol. The maximum absolute atomic E-state index is 5.79. The van der Waals surface area contributed by atoms with Crippen molar-refractivity contribution in [2.24, 2.45) is 5.73 Å². The van der Waals surface area contributed by atoms with Gasteiger partial charge in [0.1, 0.15) is 5.75 Å². The summed E-state index contributed by atoms with van der Waals surface area (Å²) in [6.45, 7) is 0.686. The summed E-state index contributed by atoms with van der Waals surface area (Å²) in [5.74, 6) is 2.13. The SMILES string of the molecule is NC1CC1c1ccc(OCCCCl)cc1. The van der Waals surface area contributed by atoms with E-state index in [1.165, 1.54) is 5.56 Å². The molecule has 0 saturated heterocycles. The van der Waals surface area contributed by atoms with Crippen molar-refractivity contribution in [3.63, 3.8) is 0 Å². The minimum absolute atomic E-state index is 0.369. The summed E-state index contributed by atoms with van der Waals surface area (Å²) >= 11 is 5.56. The normalized spacial score (nSPS) is 23.9. The van der Waals surface area contributed by atoms with Crippen LogP contribution in [-0.4, -0.2) is 18.5 Å². The highest BCUT2D eigenvalue weighted by Gasteiger charge is 2.34. The van der Waals surface area contributed by atoms with Crippen molar-refractivity contribution in [1.29, 1.82) is 0 Å². The summed E-state index contributed by atoms with van der Waals surface area (Å²) in [6.07, 6.45) is 2.00. The zero-order valence-electron chi connectivity index (χ0n) is 8.66. The number of hydrogen-bond acceptors (Lipinski definition) is 2. The van der Waals surface area contributed by atoms with E-state index in [0.29, 0.717) is 24.4 Å². The Labute approximate surface area is 95.4 Å². The average Bonchev–Trinajstić information content (AvgIpc) is 2.97. The van der Waals surface area contributed by atoms with Crippen molar-refractivity contribution in [3.8, 4) is 5.75 Å². The van der Waals surface area contributed by atoms with Crippen LogP contribution in [0.3, 0.4) is 0 Å². The van der Waals surface area contributed by atoms with Crippen LogP contribution in [0.1, 0.15) is 24.3 Å². The molecular weight excluding hydrogens is 210 g/mol. The van der Waals surface area contributed by atoms with Crippen LogP contribution in [0.2, 0.25) is 0 Å².